The summed E-state index contributed by atoms with van der Waals surface area (Å²) in [5.41, 5.74) is 0.752. The smallest absolute Gasteiger partial charge is 0.281 e. The molecule has 0 spiro atoms. The molecule has 0 aliphatic carbocycles. The lowest BCUT2D eigenvalue weighted by molar-refractivity contribution is -0.384. The zero-order chi connectivity index (χ0) is 25.8. The van der Waals surface area contributed by atoms with Gasteiger partial charge in [0.25, 0.3) is 11.6 Å². The number of hydrogen-bond donors (Lipinski definition) is 0. The topological polar surface area (TPSA) is 116 Å². The number of aromatic nitrogens is 1. The van der Waals surface area contributed by atoms with Gasteiger partial charge >= 0.3 is 0 Å². The van der Waals surface area contributed by atoms with Gasteiger partial charge in [-0.2, -0.15) is 10.1 Å². The van der Waals surface area contributed by atoms with Gasteiger partial charge in [-0.15, -0.1) is 0 Å². The Kier molecular flexibility index (Phi) is 7.06. The van der Waals surface area contributed by atoms with E-state index in [2.05, 4.69) is 10.1 Å². The maximum atomic E-state index is 13.7. The molecule has 0 aliphatic heterocycles. The highest BCUT2D eigenvalue weighted by molar-refractivity contribution is 7.22. The molecule has 1 heterocycles. The van der Waals surface area contributed by atoms with Crippen LogP contribution in [0.25, 0.3) is 10.2 Å². The minimum Gasteiger partial charge on any atom is -0.493 e. The Morgan fingerprint density at radius 3 is 2.44 bits per heavy atom. The van der Waals surface area contributed by atoms with Gasteiger partial charge in [0.05, 0.1) is 42.7 Å². The van der Waals surface area contributed by atoms with Crippen molar-refractivity contribution in [1.82, 2.24) is 4.98 Å². The fraction of sp³-hybridized carbons (Fsp3) is 0.125. The van der Waals surface area contributed by atoms with Crippen molar-refractivity contribution in [3.8, 4) is 17.2 Å². The fourth-order valence-corrected chi connectivity index (χ4v) is 4.29. The quantitative estimate of drug-likeness (QED) is 0.185. The first-order valence-electron chi connectivity index (χ1n) is 10.3. The van der Waals surface area contributed by atoms with Crippen molar-refractivity contribution in [2.24, 2.45) is 5.10 Å². The average Bonchev–Trinajstić information content (AvgIpc) is 3.30. The summed E-state index contributed by atoms with van der Waals surface area (Å²) in [6.45, 7) is 0. The van der Waals surface area contributed by atoms with E-state index in [1.807, 2.05) is 0 Å². The third-order valence-electron chi connectivity index (χ3n) is 5.03. The molecule has 4 rings (SSSR count). The van der Waals surface area contributed by atoms with E-state index in [4.69, 9.17) is 14.2 Å². The number of methoxy groups -OCH3 is 3. The molecule has 0 radical (unpaired) electrons. The first-order chi connectivity index (χ1) is 17.3. The van der Waals surface area contributed by atoms with Gasteiger partial charge in [0, 0.05) is 23.3 Å². The molecular weight excluding hydrogens is 491 g/mol. The molecule has 36 heavy (non-hydrogen) atoms. The molecule has 0 saturated heterocycles. The standard InChI is InChI=1S/C24H19FN4O6S/c1-33-19-9-14(10-20(34-2)22(19)35-3)13-26-28(23(30)15-5-4-6-17(11-15)29(31)32)24-27-18-8-7-16(25)12-21(18)36-24/h4-13H,1-3H3/b26-13+. The van der Waals surface area contributed by atoms with Crippen molar-refractivity contribution >= 4 is 44.5 Å². The van der Waals surface area contributed by atoms with Crippen LogP contribution in [-0.4, -0.2) is 43.4 Å². The lowest BCUT2D eigenvalue weighted by atomic mass is 10.2. The minimum atomic E-state index is -0.665. The van der Waals surface area contributed by atoms with Crippen LogP contribution in [0.2, 0.25) is 0 Å². The molecule has 184 valence electrons. The molecule has 4 aromatic rings. The predicted octanol–water partition coefficient (Wildman–Crippen LogP) is 5.05. The number of hydrazone groups is 1. The van der Waals surface area contributed by atoms with Crippen LogP contribution in [0.1, 0.15) is 15.9 Å². The normalized spacial score (nSPS) is 11.0. The maximum absolute atomic E-state index is 13.7. The molecule has 0 unspecified atom stereocenters. The molecule has 0 saturated carbocycles. The Bertz CT molecular complexity index is 1460. The molecule has 12 heteroatoms. The molecule has 1 amide bonds. The number of ether oxygens (including phenoxy) is 3. The summed E-state index contributed by atoms with van der Waals surface area (Å²) in [4.78, 5) is 28.5. The number of halogens is 1. The van der Waals surface area contributed by atoms with Crippen molar-refractivity contribution in [3.05, 3.63) is 81.7 Å². The SMILES string of the molecule is COc1cc(/C=N/N(C(=O)c2cccc([N+](=O)[O-])c2)c2nc3ccc(F)cc3s2)cc(OC)c1OC. The fourth-order valence-electron chi connectivity index (χ4n) is 3.34. The van der Waals surface area contributed by atoms with E-state index in [0.717, 1.165) is 22.4 Å². The molecule has 10 nitrogen and oxygen atoms in total. The molecule has 0 aliphatic rings. The summed E-state index contributed by atoms with van der Waals surface area (Å²) in [5.74, 6) is 0.0302. The lowest BCUT2D eigenvalue weighted by Crippen LogP contribution is -2.25. The van der Waals surface area contributed by atoms with E-state index >= 15 is 0 Å². The van der Waals surface area contributed by atoms with Crippen molar-refractivity contribution in [2.75, 3.05) is 26.3 Å². The van der Waals surface area contributed by atoms with Crippen LogP contribution in [0.15, 0.2) is 59.7 Å². The lowest BCUT2D eigenvalue weighted by Gasteiger charge is -2.15. The third kappa shape index (κ3) is 4.93. The maximum Gasteiger partial charge on any atom is 0.281 e. The second-order valence-corrected chi connectivity index (χ2v) is 8.25. The van der Waals surface area contributed by atoms with Crippen LogP contribution >= 0.6 is 11.3 Å². The van der Waals surface area contributed by atoms with Crippen LogP contribution in [0.4, 0.5) is 15.2 Å². The van der Waals surface area contributed by atoms with E-state index < -0.39 is 16.6 Å². The average molecular weight is 511 g/mol. The number of nitro groups is 1. The summed E-state index contributed by atoms with van der Waals surface area (Å²) >= 11 is 1.05. The Labute approximate surface area is 208 Å². The van der Waals surface area contributed by atoms with Gasteiger partial charge in [0.1, 0.15) is 5.82 Å². The number of benzene rings is 3. The molecule has 0 bridgehead atoms. The highest BCUT2D eigenvalue weighted by atomic mass is 32.1. The summed E-state index contributed by atoms with van der Waals surface area (Å²) in [7, 11) is 4.41. The molecule has 0 atom stereocenters. The monoisotopic (exact) mass is 510 g/mol. The number of carbonyl (C=O) groups is 1. The predicted molar refractivity (Wildman–Crippen MR) is 133 cm³/mol. The Morgan fingerprint density at radius 1 is 1.08 bits per heavy atom. The van der Waals surface area contributed by atoms with Gasteiger partial charge in [0.15, 0.2) is 11.5 Å². The summed E-state index contributed by atoms with van der Waals surface area (Å²) in [5, 5.41) is 16.7. The molecular formula is C24H19FN4O6S. The summed E-state index contributed by atoms with van der Waals surface area (Å²) < 4.78 is 30.3. The largest absolute Gasteiger partial charge is 0.493 e. The number of hydrogen-bond acceptors (Lipinski definition) is 9. The third-order valence-corrected chi connectivity index (χ3v) is 6.02. The van der Waals surface area contributed by atoms with E-state index in [1.54, 1.807) is 12.1 Å². The van der Waals surface area contributed by atoms with E-state index in [1.165, 1.54) is 63.9 Å². The van der Waals surface area contributed by atoms with Crippen molar-refractivity contribution in [3.63, 3.8) is 0 Å². The van der Waals surface area contributed by atoms with Crippen LogP contribution in [-0.2, 0) is 0 Å². The zero-order valence-corrected chi connectivity index (χ0v) is 20.1. The van der Waals surface area contributed by atoms with E-state index in [-0.39, 0.29) is 16.4 Å². The molecule has 1 aromatic heterocycles. The highest BCUT2D eigenvalue weighted by Crippen LogP contribution is 2.38. The number of nitro benzene ring substituents is 1. The Balaban J connectivity index is 1.81. The first-order valence-corrected chi connectivity index (χ1v) is 11.1. The van der Waals surface area contributed by atoms with Gasteiger partial charge in [-0.05, 0) is 36.4 Å². The van der Waals surface area contributed by atoms with Gasteiger partial charge in [-0.3, -0.25) is 14.9 Å². The number of amides is 1. The molecule has 3 aromatic carbocycles. The van der Waals surface area contributed by atoms with Crippen LogP contribution in [0, 0.1) is 15.9 Å². The van der Waals surface area contributed by atoms with Crippen molar-refractivity contribution < 1.29 is 28.3 Å². The molecule has 0 N–H and O–H groups in total. The highest BCUT2D eigenvalue weighted by Gasteiger charge is 2.23. The summed E-state index contributed by atoms with van der Waals surface area (Å²) in [6.07, 6.45) is 1.38. The molecule has 0 fully saturated rings. The number of rotatable bonds is 8. The number of carbonyl (C=O) groups excluding carboxylic acids is 1. The van der Waals surface area contributed by atoms with Crippen LogP contribution in [0.5, 0.6) is 17.2 Å². The number of nitrogens with zero attached hydrogens (tertiary/aromatic N) is 4. The van der Waals surface area contributed by atoms with E-state index in [0.29, 0.717) is 33.0 Å². The second-order valence-electron chi connectivity index (χ2n) is 7.24. The Morgan fingerprint density at radius 2 is 1.81 bits per heavy atom. The van der Waals surface area contributed by atoms with Crippen molar-refractivity contribution in [2.45, 2.75) is 0 Å². The minimum absolute atomic E-state index is 0.0247. The number of non-ortho nitro benzene ring substituents is 1. The van der Waals surface area contributed by atoms with Gasteiger partial charge < -0.3 is 14.2 Å². The van der Waals surface area contributed by atoms with Gasteiger partial charge in [0.2, 0.25) is 10.9 Å². The number of thiazole rings is 1. The number of anilines is 1. The van der Waals surface area contributed by atoms with E-state index in [9.17, 15) is 19.3 Å². The second kappa shape index (κ2) is 10.4. The Hall–Kier alpha value is -4.58. The van der Waals surface area contributed by atoms with Crippen LogP contribution in [0.3, 0.4) is 0 Å². The van der Waals surface area contributed by atoms with Crippen molar-refractivity contribution in [1.29, 1.82) is 0 Å². The first kappa shape index (κ1) is 24.5. The zero-order valence-electron chi connectivity index (χ0n) is 19.3. The van der Waals surface area contributed by atoms with Gasteiger partial charge in [-0.25, -0.2) is 9.37 Å². The van der Waals surface area contributed by atoms with Crippen LogP contribution < -0.4 is 19.2 Å². The summed E-state index contributed by atoms with van der Waals surface area (Å²) in [6, 6.07) is 12.6. The van der Waals surface area contributed by atoms with Gasteiger partial charge in [-0.1, -0.05) is 17.4 Å². The number of fused-ring (bicyclic) bond motifs is 1.